The third kappa shape index (κ3) is 1.75. The number of rotatable bonds is 0. The zero-order valence-corrected chi connectivity index (χ0v) is 8.09. The molecule has 1 aromatic carbocycles. The van der Waals surface area contributed by atoms with Gasteiger partial charge in [0.1, 0.15) is 0 Å². The first kappa shape index (κ1) is 8.76. The maximum Gasteiger partial charge on any atom is 0.0792 e. The molecule has 1 nitrogen and oxygen atoms in total. The first-order valence-corrected chi connectivity index (χ1v) is 5.05. The second-order valence-corrected chi connectivity index (χ2v) is 3.96. The summed E-state index contributed by atoms with van der Waals surface area (Å²) in [6.07, 6.45) is 4.20. The Morgan fingerprint density at radius 3 is 3.00 bits per heavy atom. The molecule has 0 saturated carbocycles. The SMILES string of the molecule is Cc1ccc2c(c1)C(O)CCCC2. The van der Waals surface area contributed by atoms with E-state index in [1.807, 2.05) is 0 Å². The Balaban J connectivity index is 2.43. The largest absolute Gasteiger partial charge is 0.388 e. The van der Waals surface area contributed by atoms with E-state index < -0.39 is 0 Å². The van der Waals surface area contributed by atoms with Crippen molar-refractivity contribution in [2.75, 3.05) is 0 Å². The van der Waals surface area contributed by atoms with E-state index in [2.05, 4.69) is 25.1 Å². The van der Waals surface area contributed by atoms with Gasteiger partial charge >= 0.3 is 0 Å². The van der Waals surface area contributed by atoms with Crippen LogP contribution in [0.15, 0.2) is 18.2 Å². The average molecular weight is 176 g/mol. The summed E-state index contributed by atoms with van der Waals surface area (Å²) in [4.78, 5) is 0. The van der Waals surface area contributed by atoms with Gasteiger partial charge in [-0.1, -0.05) is 30.2 Å². The molecule has 0 heterocycles. The van der Waals surface area contributed by atoms with Gasteiger partial charge in [0.15, 0.2) is 0 Å². The molecular weight excluding hydrogens is 160 g/mol. The molecule has 1 atom stereocenters. The average Bonchev–Trinajstić information content (AvgIpc) is 2.29. The summed E-state index contributed by atoms with van der Waals surface area (Å²) in [5, 5.41) is 9.87. The second kappa shape index (κ2) is 3.51. The quantitative estimate of drug-likeness (QED) is 0.603. The van der Waals surface area contributed by atoms with Crippen molar-refractivity contribution in [1.29, 1.82) is 0 Å². The predicted molar refractivity (Wildman–Crippen MR) is 53.7 cm³/mol. The van der Waals surface area contributed by atoms with Crippen LogP contribution in [0.25, 0.3) is 0 Å². The normalized spacial score (nSPS) is 22.2. The molecule has 1 aliphatic carbocycles. The molecule has 0 radical (unpaired) electrons. The van der Waals surface area contributed by atoms with Crippen LogP contribution in [0, 0.1) is 6.92 Å². The van der Waals surface area contributed by atoms with Crippen LogP contribution in [-0.4, -0.2) is 5.11 Å². The van der Waals surface area contributed by atoms with Gasteiger partial charge in [0.25, 0.3) is 0 Å². The Hall–Kier alpha value is -0.820. The van der Waals surface area contributed by atoms with E-state index in [1.54, 1.807) is 0 Å². The number of aliphatic hydroxyl groups excluding tert-OH is 1. The number of hydrogen-bond acceptors (Lipinski definition) is 1. The summed E-state index contributed by atoms with van der Waals surface area (Å²) in [6, 6.07) is 6.43. The number of benzene rings is 1. The van der Waals surface area contributed by atoms with Gasteiger partial charge in [-0.05, 0) is 37.3 Å². The maximum atomic E-state index is 9.87. The molecule has 1 N–H and O–H groups in total. The fraction of sp³-hybridized carbons (Fsp3) is 0.500. The topological polar surface area (TPSA) is 20.2 Å². The van der Waals surface area contributed by atoms with E-state index in [0.717, 1.165) is 24.8 Å². The van der Waals surface area contributed by atoms with Gasteiger partial charge in [-0.15, -0.1) is 0 Å². The van der Waals surface area contributed by atoms with Crippen LogP contribution in [-0.2, 0) is 6.42 Å². The summed E-state index contributed by atoms with van der Waals surface area (Å²) in [5.74, 6) is 0. The van der Waals surface area contributed by atoms with Crippen molar-refractivity contribution in [2.24, 2.45) is 0 Å². The highest BCUT2D eigenvalue weighted by atomic mass is 16.3. The number of fused-ring (bicyclic) bond motifs is 1. The van der Waals surface area contributed by atoms with Gasteiger partial charge in [0, 0.05) is 0 Å². The van der Waals surface area contributed by atoms with Crippen LogP contribution >= 0.6 is 0 Å². The monoisotopic (exact) mass is 176 g/mol. The highest BCUT2D eigenvalue weighted by Gasteiger charge is 2.15. The molecule has 1 aromatic rings. The molecule has 0 aromatic heterocycles. The lowest BCUT2D eigenvalue weighted by molar-refractivity contribution is 0.166. The molecule has 1 heteroatoms. The van der Waals surface area contributed by atoms with Crippen LogP contribution in [0.1, 0.15) is 42.1 Å². The van der Waals surface area contributed by atoms with Crippen molar-refractivity contribution in [3.63, 3.8) is 0 Å². The predicted octanol–water partition coefficient (Wildman–Crippen LogP) is 2.75. The Morgan fingerprint density at radius 2 is 2.15 bits per heavy atom. The van der Waals surface area contributed by atoms with E-state index in [0.29, 0.717) is 0 Å². The first-order chi connectivity index (χ1) is 6.27. The van der Waals surface area contributed by atoms with E-state index in [9.17, 15) is 5.11 Å². The molecule has 0 amide bonds. The minimum Gasteiger partial charge on any atom is -0.388 e. The third-order valence-electron chi connectivity index (χ3n) is 2.83. The van der Waals surface area contributed by atoms with Crippen molar-refractivity contribution in [3.8, 4) is 0 Å². The number of aliphatic hydroxyl groups is 1. The summed E-state index contributed by atoms with van der Waals surface area (Å²) >= 11 is 0. The van der Waals surface area contributed by atoms with Crippen LogP contribution in [0.5, 0.6) is 0 Å². The van der Waals surface area contributed by atoms with Crippen LogP contribution in [0.3, 0.4) is 0 Å². The summed E-state index contributed by atoms with van der Waals surface area (Å²) in [6.45, 7) is 2.08. The third-order valence-corrected chi connectivity index (χ3v) is 2.83. The van der Waals surface area contributed by atoms with E-state index in [1.165, 1.54) is 17.5 Å². The highest BCUT2D eigenvalue weighted by molar-refractivity contribution is 5.33. The van der Waals surface area contributed by atoms with Gasteiger partial charge in [-0.25, -0.2) is 0 Å². The fourth-order valence-electron chi connectivity index (χ4n) is 2.06. The van der Waals surface area contributed by atoms with Gasteiger partial charge in [0.05, 0.1) is 6.10 Å². The van der Waals surface area contributed by atoms with E-state index in [-0.39, 0.29) is 6.10 Å². The maximum absolute atomic E-state index is 9.87. The molecule has 1 unspecified atom stereocenters. The highest BCUT2D eigenvalue weighted by Crippen LogP contribution is 2.28. The smallest absolute Gasteiger partial charge is 0.0792 e. The molecular formula is C12H16O. The first-order valence-electron chi connectivity index (χ1n) is 5.05. The van der Waals surface area contributed by atoms with E-state index >= 15 is 0 Å². The van der Waals surface area contributed by atoms with Gasteiger partial charge in [0.2, 0.25) is 0 Å². The Bertz CT molecular complexity index is 304. The molecule has 2 rings (SSSR count). The zero-order valence-electron chi connectivity index (χ0n) is 8.09. The lowest BCUT2D eigenvalue weighted by Crippen LogP contribution is -1.98. The molecule has 0 aliphatic heterocycles. The van der Waals surface area contributed by atoms with Crippen LogP contribution in [0.2, 0.25) is 0 Å². The van der Waals surface area contributed by atoms with Crippen molar-refractivity contribution >= 4 is 0 Å². The fourth-order valence-corrected chi connectivity index (χ4v) is 2.06. The van der Waals surface area contributed by atoms with Crippen molar-refractivity contribution in [3.05, 3.63) is 34.9 Å². The van der Waals surface area contributed by atoms with Crippen molar-refractivity contribution in [1.82, 2.24) is 0 Å². The Kier molecular flexibility index (Phi) is 2.36. The molecule has 0 saturated heterocycles. The van der Waals surface area contributed by atoms with Crippen LogP contribution in [0.4, 0.5) is 0 Å². The lowest BCUT2D eigenvalue weighted by atomic mass is 9.99. The van der Waals surface area contributed by atoms with Gasteiger partial charge < -0.3 is 5.11 Å². The van der Waals surface area contributed by atoms with Crippen molar-refractivity contribution in [2.45, 2.75) is 38.7 Å². The standard InChI is InChI=1S/C12H16O/c1-9-6-7-10-4-2-3-5-12(13)11(10)8-9/h6-8,12-13H,2-5H2,1H3. The van der Waals surface area contributed by atoms with Gasteiger partial charge in [-0.2, -0.15) is 0 Å². The summed E-state index contributed by atoms with van der Waals surface area (Å²) in [7, 11) is 0. The molecule has 0 bridgehead atoms. The second-order valence-electron chi connectivity index (χ2n) is 3.96. The molecule has 0 fully saturated rings. The molecule has 0 spiro atoms. The molecule has 70 valence electrons. The number of hydrogen-bond donors (Lipinski definition) is 1. The van der Waals surface area contributed by atoms with E-state index in [4.69, 9.17) is 0 Å². The van der Waals surface area contributed by atoms with Gasteiger partial charge in [-0.3, -0.25) is 0 Å². The summed E-state index contributed by atoms with van der Waals surface area (Å²) in [5.41, 5.74) is 3.76. The van der Waals surface area contributed by atoms with Crippen molar-refractivity contribution < 1.29 is 5.11 Å². The summed E-state index contributed by atoms with van der Waals surface area (Å²) < 4.78 is 0. The minimum absolute atomic E-state index is 0.225. The minimum atomic E-state index is -0.225. The Morgan fingerprint density at radius 1 is 1.31 bits per heavy atom. The van der Waals surface area contributed by atoms with Crippen LogP contribution < -0.4 is 0 Å². The number of aryl methyl sites for hydroxylation is 2. The molecule has 13 heavy (non-hydrogen) atoms. The zero-order chi connectivity index (χ0) is 9.26. The molecule has 1 aliphatic rings. The Labute approximate surface area is 79.4 Å². The lowest BCUT2D eigenvalue weighted by Gasteiger charge is -2.11.